The second kappa shape index (κ2) is 8.68. The van der Waals surface area contributed by atoms with Crippen molar-refractivity contribution >= 4 is 32.7 Å². The summed E-state index contributed by atoms with van der Waals surface area (Å²) in [6, 6.07) is 13.4. The van der Waals surface area contributed by atoms with Gasteiger partial charge >= 0.3 is 5.76 Å². The zero-order chi connectivity index (χ0) is 22.0. The summed E-state index contributed by atoms with van der Waals surface area (Å²) in [7, 11) is -3.71. The third-order valence-corrected chi connectivity index (χ3v) is 7.12. The summed E-state index contributed by atoms with van der Waals surface area (Å²) in [6.45, 7) is 2.10. The molecule has 0 radical (unpaired) electrons. The Morgan fingerprint density at radius 3 is 2.55 bits per heavy atom. The van der Waals surface area contributed by atoms with Gasteiger partial charge < -0.3 is 9.32 Å². The van der Waals surface area contributed by atoms with E-state index in [1.807, 2.05) is 37.3 Å². The van der Waals surface area contributed by atoms with E-state index in [4.69, 9.17) is 4.42 Å². The first-order chi connectivity index (χ1) is 14.9. The minimum atomic E-state index is -3.71. The zero-order valence-corrected chi connectivity index (χ0v) is 18.1. The SMILES string of the molecule is CCN(C(=O)Cn1c(=O)oc2cc(S(=O)(=O)NC3CCCC3)ccc21)c1ccccc1. The van der Waals surface area contributed by atoms with Gasteiger partial charge in [0.1, 0.15) is 6.54 Å². The lowest BCUT2D eigenvalue weighted by molar-refractivity contribution is -0.119. The number of amides is 1. The molecule has 1 aliphatic rings. The van der Waals surface area contributed by atoms with Crippen molar-refractivity contribution in [2.45, 2.75) is 50.1 Å². The topological polar surface area (TPSA) is 102 Å². The second-order valence-corrected chi connectivity index (χ2v) is 9.37. The Morgan fingerprint density at radius 2 is 1.87 bits per heavy atom. The number of nitrogens with zero attached hydrogens (tertiary/aromatic N) is 2. The van der Waals surface area contributed by atoms with E-state index in [9.17, 15) is 18.0 Å². The van der Waals surface area contributed by atoms with Crippen LogP contribution in [0.15, 0.2) is 62.6 Å². The van der Waals surface area contributed by atoms with Gasteiger partial charge in [0.25, 0.3) is 0 Å². The third kappa shape index (κ3) is 4.42. The first kappa shape index (κ1) is 21.3. The lowest BCUT2D eigenvalue weighted by Crippen LogP contribution is -2.35. The number of fused-ring (bicyclic) bond motifs is 1. The zero-order valence-electron chi connectivity index (χ0n) is 17.3. The molecule has 3 aromatic rings. The number of hydrogen-bond acceptors (Lipinski definition) is 5. The molecule has 4 rings (SSSR count). The van der Waals surface area contributed by atoms with E-state index in [2.05, 4.69) is 4.72 Å². The Kier molecular flexibility index (Phi) is 5.97. The number of oxazole rings is 1. The smallest absolute Gasteiger partial charge is 0.408 e. The molecular weight excluding hydrogens is 418 g/mol. The molecule has 31 heavy (non-hydrogen) atoms. The van der Waals surface area contributed by atoms with Crippen LogP contribution in [-0.2, 0) is 21.4 Å². The number of sulfonamides is 1. The molecule has 0 atom stereocenters. The van der Waals surface area contributed by atoms with E-state index in [-0.39, 0.29) is 29.0 Å². The van der Waals surface area contributed by atoms with Gasteiger partial charge in [0, 0.05) is 24.3 Å². The Bertz CT molecular complexity index is 1240. The second-order valence-electron chi connectivity index (χ2n) is 7.66. The molecule has 0 bridgehead atoms. The predicted octanol–water partition coefficient (Wildman–Crippen LogP) is 2.87. The molecule has 1 amide bonds. The average molecular weight is 444 g/mol. The van der Waals surface area contributed by atoms with Crippen LogP contribution in [-0.4, -0.2) is 31.5 Å². The highest BCUT2D eigenvalue weighted by atomic mass is 32.2. The molecule has 1 heterocycles. The summed E-state index contributed by atoms with van der Waals surface area (Å²) in [4.78, 5) is 26.9. The van der Waals surface area contributed by atoms with Crippen LogP contribution in [0.4, 0.5) is 5.69 Å². The molecular formula is C22H25N3O5S. The molecule has 0 saturated heterocycles. The molecule has 164 valence electrons. The Hall–Kier alpha value is -2.91. The molecule has 1 fully saturated rings. The number of rotatable bonds is 7. The highest BCUT2D eigenvalue weighted by Crippen LogP contribution is 2.23. The van der Waals surface area contributed by atoms with Crippen LogP contribution in [0.1, 0.15) is 32.6 Å². The van der Waals surface area contributed by atoms with Gasteiger partial charge in [0.2, 0.25) is 15.9 Å². The Morgan fingerprint density at radius 1 is 1.16 bits per heavy atom. The third-order valence-electron chi connectivity index (χ3n) is 5.61. The number of nitrogens with one attached hydrogen (secondary N) is 1. The summed E-state index contributed by atoms with van der Waals surface area (Å²) in [6.07, 6.45) is 3.67. The van der Waals surface area contributed by atoms with Crippen LogP contribution in [0.25, 0.3) is 11.1 Å². The average Bonchev–Trinajstić information content (AvgIpc) is 3.36. The monoisotopic (exact) mass is 443 g/mol. The van der Waals surface area contributed by atoms with E-state index in [1.165, 1.54) is 22.8 Å². The highest BCUT2D eigenvalue weighted by molar-refractivity contribution is 7.89. The van der Waals surface area contributed by atoms with Crippen LogP contribution in [0, 0.1) is 0 Å². The summed E-state index contributed by atoms with van der Waals surface area (Å²) >= 11 is 0. The van der Waals surface area contributed by atoms with Crippen molar-refractivity contribution in [1.82, 2.24) is 9.29 Å². The van der Waals surface area contributed by atoms with Gasteiger partial charge in [-0.3, -0.25) is 9.36 Å². The molecule has 1 saturated carbocycles. The molecule has 1 aliphatic carbocycles. The van der Waals surface area contributed by atoms with Crippen molar-refractivity contribution in [2.24, 2.45) is 0 Å². The highest BCUT2D eigenvalue weighted by Gasteiger charge is 2.24. The predicted molar refractivity (Wildman–Crippen MR) is 118 cm³/mol. The molecule has 0 spiro atoms. The molecule has 8 nitrogen and oxygen atoms in total. The van der Waals surface area contributed by atoms with Gasteiger partial charge in [-0.15, -0.1) is 0 Å². The standard InChI is InChI=1S/C22H25N3O5S/c1-2-24(17-10-4-3-5-11-17)21(26)15-25-19-13-12-18(14-20(19)30-22(25)27)31(28,29)23-16-8-6-7-9-16/h3-5,10-14,16,23H,2,6-9,15H2,1H3. The number of likely N-dealkylation sites (N-methyl/N-ethyl adjacent to an activating group) is 1. The molecule has 9 heteroatoms. The maximum Gasteiger partial charge on any atom is 0.420 e. The van der Waals surface area contributed by atoms with Gasteiger partial charge in [-0.2, -0.15) is 0 Å². The van der Waals surface area contributed by atoms with Gasteiger partial charge in [-0.1, -0.05) is 31.0 Å². The first-order valence-corrected chi connectivity index (χ1v) is 11.9. The fourth-order valence-electron chi connectivity index (χ4n) is 4.03. The fraction of sp³-hybridized carbons (Fsp3) is 0.364. The number of hydrogen-bond donors (Lipinski definition) is 1. The van der Waals surface area contributed by atoms with Crippen molar-refractivity contribution < 1.29 is 17.6 Å². The summed E-state index contributed by atoms with van der Waals surface area (Å²) < 4.78 is 34.6. The summed E-state index contributed by atoms with van der Waals surface area (Å²) in [5.41, 5.74) is 1.25. The van der Waals surface area contributed by atoms with Crippen LogP contribution >= 0.6 is 0 Å². The largest absolute Gasteiger partial charge is 0.420 e. The van der Waals surface area contributed by atoms with E-state index < -0.39 is 15.8 Å². The molecule has 1 N–H and O–H groups in total. The van der Waals surface area contributed by atoms with E-state index in [0.29, 0.717) is 12.1 Å². The van der Waals surface area contributed by atoms with Crippen LogP contribution in [0.5, 0.6) is 0 Å². The van der Waals surface area contributed by atoms with Gasteiger partial charge in [-0.25, -0.2) is 17.9 Å². The van der Waals surface area contributed by atoms with Crippen molar-refractivity contribution in [3.63, 3.8) is 0 Å². The van der Waals surface area contributed by atoms with Gasteiger partial charge in [0.05, 0.1) is 10.4 Å². The summed E-state index contributed by atoms with van der Waals surface area (Å²) in [5, 5.41) is 0. The molecule has 0 aliphatic heterocycles. The van der Waals surface area contributed by atoms with E-state index >= 15 is 0 Å². The maximum atomic E-state index is 12.9. The van der Waals surface area contributed by atoms with Crippen LogP contribution in [0.3, 0.4) is 0 Å². The fourth-order valence-corrected chi connectivity index (χ4v) is 5.35. The van der Waals surface area contributed by atoms with Crippen LogP contribution in [0.2, 0.25) is 0 Å². The number of carbonyl (C=O) groups excluding carboxylic acids is 1. The molecule has 2 aromatic carbocycles. The van der Waals surface area contributed by atoms with Gasteiger partial charge in [0.15, 0.2) is 5.58 Å². The minimum Gasteiger partial charge on any atom is -0.408 e. The van der Waals surface area contributed by atoms with Crippen molar-refractivity contribution in [2.75, 3.05) is 11.4 Å². The van der Waals surface area contributed by atoms with Crippen LogP contribution < -0.4 is 15.4 Å². The number of anilines is 1. The van der Waals surface area contributed by atoms with E-state index in [1.54, 1.807) is 4.90 Å². The number of aromatic nitrogens is 1. The maximum absolute atomic E-state index is 12.9. The number of carbonyl (C=O) groups is 1. The number of benzene rings is 2. The van der Waals surface area contributed by atoms with Crippen molar-refractivity contribution in [3.05, 3.63) is 59.1 Å². The molecule has 1 aromatic heterocycles. The number of para-hydroxylation sites is 1. The molecule has 0 unspecified atom stereocenters. The lowest BCUT2D eigenvalue weighted by Gasteiger charge is -2.21. The first-order valence-electron chi connectivity index (χ1n) is 10.4. The van der Waals surface area contributed by atoms with Crippen molar-refractivity contribution in [1.29, 1.82) is 0 Å². The lowest BCUT2D eigenvalue weighted by atomic mass is 10.2. The van der Waals surface area contributed by atoms with E-state index in [0.717, 1.165) is 31.4 Å². The Labute approximate surface area is 180 Å². The normalized spacial score (nSPS) is 14.9. The van der Waals surface area contributed by atoms with Gasteiger partial charge in [-0.05, 0) is 44.0 Å². The summed E-state index contributed by atoms with van der Waals surface area (Å²) in [5.74, 6) is -0.969. The van der Waals surface area contributed by atoms with Crippen molar-refractivity contribution in [3.8, 4) is 0 Å². The Balaban J connectivity index is 1.60. The minimum absolute atomic E-state index is 0.0404. The quantitative estimate of drug-likeness (QED) is 0.605.